The van der Waals surface area contributed by atoms with E-state index >= 15 is 0 Å². The number of fused-ring (bicyclic) bond motifs is 1. The van der Waals surface area contributed by atoms with E-state index in [1.54, 1.807) is 29.7 Å². The minimum atomic E-state index is -0.934. The Kier molecular flexibility index (Phi) is 23.2. The number of benzene rings is 3. The van der Waals surface area contributed by atoms with Gasteiger partial charge in [0.2, 0.25) is 17.7 Å². The van der Waals surface area contributed by atoms with E-state index in [0.29, 0.717) is 88.4 Å². The number of aliphatic hydroxyl groups excluding tert-OH is 2. The molecule has 0 radical (unpaired) electrons. The quantitative estimate of drug-likeness (QED) is 0.0257. The Morgan fingerprint density at radius 2 is 1.49 bits per heavy atom. The second-order valence-corrected chi connectivity index (χ2v) is 22.3. The minimum Gasteiger partial charge on any atom is -0.496 e. The van der Waals surface area contributed by atoms with Crippen molar-refractivity contribution in [1.82, 2.24) is 50.9 Å². The average Bonchev–Trinajstić information content (AvgIpc) is 4.19. The van der Waals surface area contributed by atoms with Crippen LogP contribution in [0.25, 0.3) is 44.1 Å². The average molecular weight is 1170 g/mol. The standard InChI is InChI=1S/C59H78FN11O11S/c1-39-54(83-38-64-39)42-11-9-40(10-12-42)34-63-57(75)47-33-44(72)36-71(47)58(76)55(59(2,3)4)65-49(73)17-23-78-25-27-80-29-31-82-32-30-81-28-26-79-24-18-61-50(74)37-69-19-21-70(22-20-69)43-15-13-41(14-16-43)52-53-46(67-68-52)35-62-56(66-53)51-45(60)7-6-8-48(51)77-5/h6-16,35,38,44,47,50,55,61,72,74H,17-34,36-37H2,1-5H3,(H,63,75)(H,65,73)(H,67,68)/t44-,47+,50?,55-/m1/s1. The summed E-state index contributed by atoms with van der Waals surface area (Å²) in [6.45, 7) is 15.5. The van der Waals surface area contributed by atoms with Crippen molar-refractivity contribution in [2.75, 3.05) is 124 Å². The number of thiazole rings is 1. The van der Waals surface area contributed by atoms with E-state index in [-0.39, 0.29) is 62.3 Å². The Bertz CT molecular complexity index is 3010. The molecule has 83 heavy (non-hydrogen) atoms. The Labute approximate surface area is 487 Å². The summed E-state index contributed by atoms with van der Waals surface area (Å²) in [5.41, 5.74) is 8.04. The number of halogens is 1. The maximum absolute atomic E-state index is 14.8. The predicted octanol–water partition coefficient (Wildman–Crippen LogP) is 4.58. The van der Waals surface area contributed by atoms with Crippen LogP contribution in [0.15, 0.2) is 78.4 Å². The van der Waals surface area contributed by atoms with Gasteiger partial charge in [-0.15, -0.1) is 11.3 Å². The molecule has 2 fully saturated rings. The highest BCUT2D eigenvalue weighted by atomic mass is 32.1. The van der Waals surface area contributed by atoms with Crippen LogP contribution in [-0.2, 0) is 44.6 Å². The molecule has 4 atom stereocenters. The van der Waals surface area contributed by atoms with Gasteiger partial charge in [0, 0.05) is 76.5 Å². The molecule has 0 aliphatic carbocycles. The van der Waals surface area contributed by atoms with Crippen molar-refractivity contribution in [3.05, 3.63) is 95.5 Å². The molecule has 2 aliphatic heterocycles. The number of H-pyrrole nitrogens is 1. The molecule has 8 rings (SSSR count). The molecular formula is C59H78FN11O11S. The van der Waals surface area contributed by atoms with Crippen molar-refractivity contribution in [2.45, 2.75) is 71.5 Å². The molecule has 5 heterocycles. The van der Waals surface area contributed by atoms with Crippen LogP contribution in [0, 0.1) is 18.2 Å². The molecule has 3 amide bonds. The fourth-order valence-corrected chi connectivity index (χ4v) is 10.6. The number of likely N-dealkylation sites (tertiary alicyclic amines) is 1. The molecule has 6 aromatic rings. The first-order valence-electron chi connectivity index (χ1n) is 28.1. The van der Waals surface area contributed by atoms with Crippen molar-refractivity contribution in [3.63, 3.8) is 0 Å². The SMILES string of the molecule is COc1cccc(F)c1-c1ncc2[nH]nc(-c3ccc(N4CCN(CC(O)NCCOCCOCCOCCOCCOCCC(=O)N[C@H](C(=O)N5C[C@H](O)C[C@H]5C(=O)NCc5ccc(-c6scnc6C)cc5)C(C)(C)C)CC4)cc3)c2n1. The number of β-amino-alcohol motifs (C(OH)–C–C–N with tert-alkyl or cyclic N) is 2. The van der Waals surface area contributed by atoms with Gasteiger partial charge in [-0.1, -0.05) is 63.2 Å². The first-order valence-corrected chi connectivity index (χ1v) is 29.0. The number of aryl methyl sites for hydroxylation is 1. The highest BCUT2D eigenvalue weighted by molar-refractivity contribution is 7.13. The third-order valence-electron chi connectivity index (χ3n) is 14.3. The number of nitrogens with one attached hydrogen (secondary N) is 4. The molecule has 0 bridgehead atoms. The number of piperazine rings is 1. The fraction of sp³-hybridized carbons (Fsp3) is 0.508. The number of amides is 3. The summed E-state index contributed by atoms with van der Waals surface area (Å²) in [4.78, 5) is 60.8. The molecular weight excluding hydrogens is 1090 g/mol. The Morgan fingerprint density at radius 1 is 0.843 bits per heavy atom. The lowest BCUT2D eigenvalue weighted by atomic mass is 9.85. The number of aromatic amines is 1. The molecule has 0 saturated carbocycles. The van der Waals surface area contributed by atoms with E-state index in [4.69, 9.17) is 28.4 Å². The van der Waals surface area contributed by atoms with Gasteiger partial charge in [-0.3, -0.25) is 29.7 Å². The normalized spacial score (nSPS) is 16.6. The highest BCUT2D eigenvalue weighted by Crippen LogP contribution is 2.34. The minimum absolute atomic E-state index is 0.00942. The molecule has 6 N–H and O–H groups in total. The van der Waals surface area contributed by atoms with Crippen LogP contribution in [0.2, 0.25) is 0 Å². The Balaban J connectivity index is 0.604. The van der Waals surface area contributed by atoms with Gasteiger partial charge >= 0.3 is 0 Å². The first-order chi connectivity index (χ1) is 40.2. The smallest absolute Gasteiger partial charge is 0.246 e. The zero-order valence-electron chi connectivity index (χ0n) is 47.9. The summed E-state index contributed by atoms with van der Waals surface area (Å²) in [5, 5.41) is 37.6. The van der Waals surface area contributed by atoms with Gasteiger partial charge in [0.15, 0.2) is 5.82 Å². The predicted molar refractivity (Wildman–Crippen MR) is 312 cm³/mol. The van der Waals surface area contributed by atoms with E-state index in [1.165, 1.54) is 18.1 Å². The van der Waals surface area contributed by atoms with Crippen LogP contribution in [0.5, 0.6) is 5.75 Å². The fourth-order valence-electron chi connectivity index (χ4n) is 9.81. The van der Waals surface area contributed by atoms with Gasteiger partial charge in [0.1, 0.15) is 46.6 Å². The number of hydrogen-bond donors (Lipinski definition) is 6. The number of rotatable bonds is 31. The van der Waals surface area contributed by atoms with E-state index < -0.39 is 41.6 Å². The summed E-state index contributed by atoms with van der Waals surface area (Å²) >= 11 is 1.57. The molecule has 24 heteroatoms. The largest absolute Gasteiger partial charge is 0.496 e. The summed E-state index contributed by atoms with van der Waals surface area (Å²) in [6, 6.07) is 18.8. The Hall–Kier alpha value is -6.58. The molecule has 2 saturated heterocycles. The molecule has 0 spiro atoms. The van der Waals surface area contributed by atoms with Crippen LogP contribution in [0.1, 0.15) is 44.9 Å². The van der Waals surface area contributed by atoms with Crippen molar-refractivity contribution in [1.29, 1.82) is 0 Å². The number of carbonyl (C=O) groups excluding carboxylic acids is 3. The van der Waals surface area contributed by atoms with Gasteiger partial charge in [-0.2, -0.15) is 5.10 Å². The van der Waals surface area contributed by atoms with Gasteiger partial charge in [-0.25, -0.2) is 19.3 Å². The number of aliphatic hydroxyl groups is 2. The maximum Gasteiger partial charge on any atom is 0.246 e. The van der Waals surface area contributed by atoms with Crippen molar-refractivity contribution in [3.8, 4) is 38.8 Å². The lowest BCUT2D eigenvalue weighted by Gasteiger charge is -2.37. The van der Waals surface area contributed by atoms with Crippen LogP contribution >= 0.6 is 11.3 Å². The first kappa shape index (κ1) is 62.5. The molecule has 3 aromatic carbocycles. The van der Waals surface area contributed by atoms with E-state index in [1.807, 2.05) is 69.6 Å². The molecule has 1 unspecified atom stereocenters. The number of carbonyl (C=O) groups is 3. The maximum atomic E-state index is 14.8. The topological polar surface area (TPSA) is 260 Å². The zero-order valence-corrected chi connectivity index (χ0v) is 48.8. The molecule has 3 aromatic heterocycles. The molecule has 22 nitrogen and oxygen atoms in total. The lowest BCUT2D eigenvalue weighted by molar-refractivity contribution is -0.144. The van der Waals surface area contributed by atoms with Gasteiger partial charge in [0.25, 0.3) is 0 Å². The van der Waals surface area contributed by atoms with Crippen LogP contribution < -0.4 is 25.6 Å². The van der Waals surface area contributed by atoms with Gasteiger partial charge < -0.3 is 59.1 Å². The zero-order chi connectivity index (χ0) is 58.7. The van der Waals surface area contributed by atoms with Crippen molar-refractivity contribution in [2.24, 2.45) is 5.41 Å². The summed E-state index contributed by atoms with van der Waals surface area (Å²) in [6.07, 6.45) is 0.164. The van der Waals surface area contributed by atoms with Gasteiger partial charge in [-0.05, 0) is 47.7 Å². The van der Waals surface area contributed by atoms with Crippen LogP contribution in [0.4, 0.5) is 10.1 Å². The second kappa shape index (κ2) is 30.8. The van der Waals surface area contributed by atoms with Gasteiger partial charge in [0.05, 0.1) is 107 Å². The van der Waals surface area contributed by atoms with E-state index in [0.717, 1.165) is 59.1 Å². The summed E-state index contributed by atoms with van der Waals surface area (Å²) in [7, 11) is 1.48. The number of anilines is 1. The van der Waals surface area contributed by atoms with Crippen molar-refractivity contribution >= 4 is 45.8 Å². The monoisotopic (exact) mass is 1170 g/mol. The number of ether oxygens (including phenoxy) is 6. The van der Waals surface area contributed by atoms with E-state index in [9.17, 15) is 29.0 Å². The Morgan fingerprint density at radius 3 is 2.13 bits per heavy atom. The summed E-state index contributed by atoms with van der Waals surface area (Å²) < 4.78 is 48.2. The number of aromatic nitrogens is 5. The number of nitrogens with zero attached hydrogens (tertiary/aromatic N) is 7. The van der Waals surface area contributed by atoms with Crippen molar-refractivity contribution < 1.29 is 57.4 Å². The lowest BCUT2D eigenvalue weighted by Crippen LogP contribution is -2.57. The van der Waals surface area contributed by atoms with E-state index in [2.05, 4.69) is 63.0 Å². The van der Waals surface area contributed by atoms with Crippen LogP contribution in [0.3, 0.4) is 0 Å². The number of methoxy groups -OCH3 is 1. The second-order valence-electron chi connectivity index (χ2n) is 21.4. The molecule has 2 aliphatic rings. The molecule has 448 valence electrons. The highest BCUT2D eigenvalue weighted by Gasteiger charge is 2.44. The third-order valence-corrected chi connectivity index (χ3v) is 15.3. The van der Waals surface area contributed by atoms with Crippen LogP contribution in [-0.4, -0.2) is 206 Å². The summed E-state index contributed by atoms with van der Waals surface area (Å²) in [5.74, 6) is -1.07. The number of hydrogen-bond acceptors (Lipinski definition) is 19. The third kappa shape index (κ3) is 17.7.